The van der Waals surface area contributed by atoms with Crippen molar-refractivity contribution >= 4 is 16.9 Å². The maximum atomic E-state index is 12.4. The molecule has 0 aliphatic rings. The molecular formula is C16H21NO3. The molecule has 0 aliphatic carbocycles. The van der Waals surface area contributed by atoms with Crippen LogP contribution in [0.2, 0.25) is 0 Å². The third-order valence-corrected chi connectivity index (χ3v) is 3.57. The van der Waals surface area contributed by atoms with E-state index in [-0.39, 0.29) is 12.0 Å². The molecule has 2 rings (SSSR count). The predicted molar refractivity (Wildman–Crippen MR) is 79.1 cm³/mol. The van der Waals surface area contributed by atoms with E-state index in [2.05, 4.69) is 0 Å². The van der Waals surface area contributed by atoms with Gasteiger partial charge in [-0.2, -0.15) is 0 Å². The number of hydrogen-bond donors (Lipinski definition) is 0. The first-order valence-corrected chi connectivity index (χ1v) is 6.72. The molecule has 4 heteroatoms. The third-order valence-electron chi connectivity index (χ3n) is 3.57. The molecule has 0 radical (unpaired) electrons. The van der Waals surface area contributed by atoms with E-state index < -0.39 is 0 Å². The first kappa shape index (κ1) is 14.6. The summed E-state index contributed by atoms with van der Waals surface area (Å²) in [5.74, 6) is 0.302. The van der Waals surface area contributed by atoms with Crippen molar-refractivity contribution in [2.45, 2.75) is 26.9 Å². The predicted octanol–water partition coefficient (Wildman–Crippen LogP) is 3.16. The molecule has 1 aromatic heterocycles. The molecule has 0 spiro atoms. The summed E-state index contributed by atoms with van der Waals surface area (Å²) in [7, 11) is 3.40. The van der Waals surface area contributed by atoms with Crippen LogP contribution in [-0.4, -0.2) is 37.6 Å². The van der Waals surface area contributed by atoms with Crippen molar-refractivity contribution in [3.05, 3.63) is 35.1 Å². The van der Waals surface area contributed by atoms with Gasteiger partial charge in [-0.25, -0.2) is 0 Å². The standard InChI is InChI=1S/C16H21NO3/c1-10-6-7-13-12(3)15(20-14(13)8-10)16(18)17(4)9-11(2)19-5/h6-8,11H,9H2,1-5H3. The molecule has 108 valence electrons. The average molecular weight is 275 g/mol. The van der Waals surface area contributed by atoms with Crippen LogP contribution in [0.3, 0.4) is 0 Å². The van der Waals surface area contributed by atoms with Gasteiger partial charge in [0.2, 0.25) is 0 Å². The second-order valence-corrected chi connectivity index (χ2v) is 5.29. The molecule has 1 heterocycles. The molecule has 0 saturated heterocycles. The van der Waals surface area contributed by atoms with Crippen LogP contribution in [-0.2, 0) is 4.74 Å². The first-order chi connectivity index (χ1) is 9.43. The minimum absolute atomic E-state index is 0.00382. The molecule has 0 bridgehead atoms. The van der Waals surface area contributed by atoms with Crippen LogP contribution in [0.4, 0.5) is 0 Å². The van der Waals surface area contributed by atoms with Crippen molar-refractivity contribution in [2.75, 3.05) is 20.7 Å². The summed E-state index contributed by atoms with van der Waals surface area (Å²) in [5.41, 5.74) is 2.77. The zero-order valence-electron chi connectivity index (χ0n) is 12.7. The van der Waals surface area contributed by atoms with Gasteiger partial charge >= 0.3 is 0 Å². The molecule has 1 amide bonds. The largest absolute Gasteiger partial charge is 0.451 e. The number of furan rings is 1. The highest BCUT2D eigenvalue weighted by molar-refractivity contribution is 5.98. The topological polar surface area (TPSA) is 42.7 Å². The van der Waals surface area contributed by atoms with Crippen molar-refractivity contribution in [1.29, 1.82) is 0 Å². The quantitative estimate of drug-likeness (QED) is 0.860. The number of ether oxygens (including phenoxy) is 1. The summed E-state index contributed by atoms with van der Waals surface area (Å²) < 4.78 is 10.9. The van der Waals surface area contributed by atoms with E-state index in [1.165, 1.54) is 0 Å². The number of carbonyl (C=O) groups is 1. The number of hydrogen-bond acceptors (Lipinski definition) is 3. The molecule has 0 saturated carbocycles. The number of aryl methyl sites for hydroxylation is 2. The number of nitrogens with zero attached hydrogens (tertiary/aromatic N) is 1. The van der Waals surface area contributed by atoms with Crippen molar-refractivity contribution in [1.82, 2.24) is 4.90 Å². The van der Waals surface area contributed by atoms with E-state index in [1.54, 1.807) is 19.1 Å². The van der Waals surface area contributed by atoms with Gasteiger partial charge < -0.3 is 14.1 Å². The Labute approximate surface area is 119 Å². The van der Waals surface area contributed by atoms with E-state index >= 15 is 0 Å². The maximum Gasteiger partial charge on any atom is 0.289 e. The monoisotopic (exact) mass is 275 g/mol. The highest BCUT2D eigenvalue weighted by Gasteiger charge is 2.22. The van der Waals surface area contributed by atoms with Gasteiger partial charge in [0.15, 0.2) is 5.76 Å². The van der Waals surface area contributed by atoms with Crippen molar-refractivity contribution in [2.24, 2.45) is 0 Å². The van der Waals surface area contributed by atoms with Gasteiger partial charge in [0.1, 0.15) is 5.58 Å². The second-order valence-electron chi connectivity index (χ2n) is 5.29. The van der Waals surface area contributed by atoms with Crippen LogP contribution in [0.1, 0.15) is 28.6 Å². The van der Waals surface area contributed by atoms with Gasteiger partial charge in [-0.05, 0) is 32.4 Å². The van der Waals surface area contributed by atoms with Crippen LogP contribution >= 0.6 is 0 Å². The lowest BCUT2D eigenvalue weighted by Crippen LogP contribution is -2.33. The van der Waals surface area contributed by atoms with Crippen molar-refractivity contribution < 1.29 is 13.9 Å². The molecule has 1 atom stereocenters. The lowest BCUT2D eigenvalue weighted by atomic mass is 10.1. The van der Waals surface area contributed by atoms with E-state index in [9.17, 15) is 4.79 Å². The molecule has 1 aromatic carbocycles. The van der Waals surface area contributed by atoms with Gasteiger partial charge in [-0.15, -0.1) is 0 Å². The Hall–Kier alpha value is -1.81. The van der Waals surface area contributed by atoms with Crippen molar-refractivity contribution in [3.63, 3.8) is 0 Å². The smallest absolute Gasteiger partial charge is 0.289 e. The van der Waals surface area contributed by atoms with E-state index in [1.807, 2.05) is 39.0 Å². The number of methoxy groups -OCH3 is 1. The lowest BCUT2D eigenvalue weighted by molar-refractivity contribution is 0.0576. The van der Waals surface area contributed by atoms with Gasteiger partial charge in [-0.3, -0.25) is 4.79 Å². The Morgan fingerprint density at radius 3 is 2.75 bits per heavy atom. The van der Waals surface area contributed by atoms with Gasteiger partial charge in [0.25, 0.3) is 5.91 Å². The SMILES string of the molecule is COC(C)CN(C)C(=O)c1oc2cc(C)ccc2c1C. The second kappa shape index (κ2) is 5.67. The zero-order chi connectivity index (χ0) is 14.9. The summed E-state index contributed by atoms with van der Waals surface area (Å²) >= 11 is 0. The third kappa shape index (κ3) is 2.70. The molecule has 0 fully saturated rings. The molecule has 4 nitrogen and oxygen atoms in total. The summed E-state index contributed by atoms with van der Waals surface area (Å²) in [6.07, 6.45) is -0.00382. The Morgan fingerprint density at radius 2 is 2.10 bits per heavy atom. The molecule has 0 aliphatic heterocycles. The lowest BCUT2D eigenvalue weighted by Gasteiger charge is -2.19. The summed E-state index contributed by atoms with van der Waals surface area (Å²) in [5, 5.41) is 0.993. The summed E-state index contributed by atoms with van der Waals surface area (Å²) in [6, 6.07) is 5.98. The van der Waals surface area contributed by atoms with E-state index in [4.69, 9.17) is 9.15 Å². The fraction of sp³-hybridized carbons (Fsp3) is 0.438. The maximum absolute atomic E-state index is 12.4. The molecule has 2 aromatic rings. The first-order valence-electron chi connectivity index (χ1n) is 6.72. The highest BCUT2D eigenvalue weighted by atomic mass is 16.5. The average Bonchev–Trinajstić information content (AvgIpc) is 2.74. The van der Waals surface area contributed by atoms with Crippen molar-refractivity contribution in [3.8, 4) is 0 Å². The number of benzene rings is 1. The Kier molecular flexibility index (Phi) is 4.14. The molecule has 20 heavy (non-hydrogen) atoms. The fourth-order valence-electron chi connectivity index (χ4n) is 2.25. The van der Waals surface area contributed by atoms with E-state index in [0.717, 1.165) is 22.1 Å². The van der Waals surface area contributed by atoms with Crippen LogP contribution in [0.5, 0.6) is 0 Å². The summed E-state index contributed by atoms with van der Waals surface area (Å²) in [6.45, 7) is 6.39. The van der Waals surface area contributed by atoms with Crippen LogP contribution in [0, 0.1) is 13.8 Å². The minimum Gasteiger partial charge on any atom is -0.451 e. The fourth-order valence-corrected chi connectivity index (χ4v) is 2.25. The normalized spacial score (nSPS) is 12.7. The Balaban J connectivity index is 2.32. The highest BCUT2D eigenvalue weighted by Crippen LogP contribution is 2.26. The number of likely N-dealkylation sites (N-methyl/N-ethyl adjacent to an activating group) is 1. The van der Waals surface area contributed by atoms with Gasteiger partial charge in [-0.1, -0.05) is 12.1 Å². The minimum atomic E-state index is -0.111. The van der Waals surface area contributed by atoms with Gasteiger partial charge in [0, 0.05) is 31.7 Å². The Morgan fingerprint density at radius 1 is 1.40 bits per heavy atom. The molecule has 1 unspecified atom stereocenters. The number of fused-ring (bicyclic) bond motifs is 1. The van der Waals surface area contributed by atoms with Gasteiger partial charge in [0.05, 0.1) is 6.10 Å². The number of amides is 1. The number of carbonyl (C=O) groups excluding carboxylic acids is 1. The zero-order valence-corrected chi connectivity index (χ0v) is 12.7. The summed E-state index contributed by atoms with van der Waals surface area (Å²) in [4.78, 5) is 14.1. The van der Waals surface area contributed by atoms with E-state index in [0.29, 0.717) is 12.3 Å². The molecular weight excluding hydrogens is 254 g/mol. The Bertz CT molecular complexity index is 630. The van der Waals surface area contributed by atoms with Crippen LogP contribution in [0.25, 0.3) is 11.0 Å². The molecule has 0 N–H and O–H groups in total. The van der Waals surface area contributed by atoms with Crippen LogP contribution in [0.15, 0.2) is 22.6 Å². The number of rotatable bonds is 4. The van der Waals surface area contributed by atoms with Crippen LogP contribution < -0.4 is 0 Å².